The number of nitrogens with one attached hydrogen (secondary N) is 2. The maximum absolute atomic E-state index is 12.3. The highest BCUT2D eigenvalue weighted by atomic mass is 35.5. The number of amides is 1. The van der Waals surface area contributed by atoms with Crippen LogP contribution >= 0.6 is 24.8 Å². The molecule has 0 saturated carbocycles. The Morgan fingerprint density at radius 1 is 1.24 bits per heavy atom. The molecule has 0 spiro atoms. The molecule has 0 aliphatic carbocycles. The normalized spacial score (nSPS) is 20.5. The summed E-state index contributed by atoms with van der Waals surface area (Å²) in [5.41, 5.74) is 2.48. The number of rotatable bonds is 5. The SMILES string of the molecule is Cc1cccc(NC2CCN(C(=O)CCC3CCNC3)CC2)c1.Cl.Cl. The topological polar surface area (TPSA) is 44.4 Å². The Morgan fingerprint density at radius 3 is 2.64 bits per heavy atom. The lowest BCUT2D eigenvalue weighted by molar-refractivity contribution is -0.132. The molecule has 2 aliphatic heterocycles. The maximum Gasteiger partial charge on any atom is 0.222 e. The van der Waals surface area contributed by atoms with Crippen LogP contribution in [0.1, 0.15) is 37.7 Å². The van der Waals surface area contributed by atoms with Crippen LogP contribution in [-0.2, 0) is 4.79 Å². The van der Waals surface area contributed by atoms with Gasteiger partial charge in [0.1, 0.15) is 0 Å². The van der Waals surface area contributed by atoms with Gasteiger partial charge in [0.05, 0.1) is 0 Å². The van der Waals surface area contributed by atoms with Crippen molar-refractivity contribution in [2.75, 3.05) is 31.5 Å². The molecule has 2 fully saturated rings. The summed E-state index contributed by atoms with van der Waals surface area (Å²) in [6.07, 6.45) is 5.10. The number of anilines is 1. The van der Waals surface area contributed by atoms with Crippen LogP contribution in [0.25, 0.3) is 0 Å². The van der Waals surface area contributed by atoms with Gasteiger partial charge in [-0.1, -0.05) is 12.1 Å². The molecule has 2 aliphatic rings. The Labute approximate surface area is 163 Å². The number of carbonyl (C=O) groups is 1. The van der Waals surface area contributed by atoms with Crippen molar-refractivity contribution in [3.8, 4) is 0 Å². The molecule has 1 aromatic carbocycles. The first-order valence-electron chi connectivity index (χ1n) is 9.02. The summed E-state index contributed by atoms with van der Waals surface area (Å²) in [6, 6.07) is 9.01. The molecule has 2 N–H and O–H groups in total. The number of nitrogens with zero attached hydrogens (tertiary/aromatic N) is 1. The third-order valence-corrected chi connectivity index (χ3v) is 5.17. The molecule has 0 aromatic heterocycles. The summed E-state index contributed by atoms with van der Waals surface area (Å²) >= 11 is 0. The van der Waals surface area contributed by atoms with E-state index in [4.69, 9.17) is 0 Å². The van der Waals surface area contributed by atoms with Crippen LogP contribution in [0.2, 0.25) is 0 Å². The molecule has 1 amide bonds. The highest BCUT2D eigenvalue weighted by Gasteiger charge is 2.23. The zero-order valence-electron chi connectivity index (χ0n) is 15.0. The second kappa shape index (κ2) is 10.9. The van der Waals surface area contributed by atoms with Gasteiger partial charge in [0, 0.05) is 31.2 Å². The van der Waals surface area contributed by atoms with E-state index in [9.17, 15) is 4.79 Å². The Kier molecular flexibility index (Phi) is 9.62. The maximum atomic E-state index is 12.3. The van der Waals surface area contributed by atoms with E-state index in [1.54, 1.807) is 0 Å². The second-order valence-corrected chi connectivity index (χ2v) is 7.07. The summed E-state index contributed by atoms with van der Waals surface area (Å²) < 4.78 is 0. The fourth-order valence-corrected chi connectivity index (χ4v) is 3.69. The molecular weight excluding hydrogens is 357 g/mol. The number of likely N-dealkylation sites (tertiary alicyclic amines) is 1. The average molecular weight is 388 g/mol. The Morgan fingerprint density at radius 2 is 2.00 bits per heavy atom. The van der Waals surface area contributed by atoms with E-state index in [-0.39, 0.29) is 24.8 Å². The van der Waals surface area contributed by atoms with E-state index in [1.807, 2.05) is 0 Å². The number of benzene rings is 1. The van der Waals surface area contributed by atoms with Gasteiger partial charge in [-0.25, -0.2) is 0 Å². The number of piperidine rings is 1. The van der Waals surface area contributed by atoms with Crippen molar-refractivity contribution in [3.05, 3.63) is 29.8 Å². The molecule has 4 nitrogen and oxygen atoms in total. The van der Waals surface area contributed by atoms with Gasteiger partial charge in [0.2, 0.25) is 5.91 Å². The molecule has 2 saturated heterocycles. The first-order valence-corrected chi connectivity index (χ1v) is 9.02. The van der Waals surface area contributed by atoms with Crippen molar-refractivity contribution < 1.29 is 4.79 Å². The standard InChI is InChI=1S/C19H29N3O.2ClH/c1-15-3-2-4-18(13-15)21-17-8-11-22(12-9-17)19(23)6-5-16-7-10-20-14-16;;/h2-4,13,16-17,20-21H,5-12,14H2,1H3;2*1H. The lowest BCUT2D eigenvalue weighted by Gasteiger charge is -2.33. The predicted octanol–water partition coefficient (Wildman–Crippen LogP) is 3.63. The quantitative estimate of drug-likeness (QED) is 0.810. The molecule has 25 heavy (non-hydrogen) atoms. The highest BCUT2D eigenvalue weighted by molar-refractivity contribution is 5.85. The van der Waals surface area contributed by atoms with Gasteiger partial charge in [-0.2, -0.15) is 0 Å². The summed E-state index contributed by atoms with van der Waals surface area (Å²) in [7, 11) is 0. The number of aryl methyl sites for hydroxylation is 1. The van der Waals surface area contributed by atoms with Gasteiger partial charge in [0.15, 0.2) is 0 Å². The van der Waals surface area contributed by atoms with Gasteiger partial charge in [-0.3, -0.25) is 4.79 Å². The van der Waals surface area contributed by atoms with Gasteiger partial charge in [-0.15, -0.1) is 24.8 Å². The predicted molar refractivity (Wildman–Crippen MR) is 109 cm³/mol. The lowest BCUT2D eigenvalue weighted by atomic mass is 10.0. The zero-order valence-corrected chi connectivity index (χ0v) is 16.6. The van der Waals surface area contributed by atoms with E-state index in [0.29, 0.717) is 17.9 Å². The van der Waals surface area contributed by atoms with Gasteiger partial charge in [0.25, 0.3) is 0 Å². The minimum atomic E-state index is 0. The van der Waals surface area contributed by atoms with Gasteiger partial charge < -0.3 is 15.5 Å². The Hall–Kier alpha value is -0.970. The number of carbonyl (C=O) groups excluding carboxylic acids is 1. The fourth-order valence-electron chi connectivity index (χ4n) is 3.69. The molecule has 1 unspecified atom stereocenters. The van der Waals surface area contributed by atoms with Crippen LogP contribution < -0.4 is 10.6 Å². The monoisotopic (exact) mass is 387 g/mol. The molecule has 3 rings (SSSR count). The summed E-state index contributed by atoms with van der Waals surface area (Å²) in [5.74, 6) is 1.06. The largest absolute Gasteiger partial charge is 0.382 e. The van der Waals surface area contributed by atoms with Crippen LogP contribution in [0.15, 0.2) is 24.3 Å². The third-order valence-electron chi connectivity index (χ3n) is 5.17. The smallest absolute Gasteiger partial charge is 0.222 e. The van der Waals surface area contributed by atoms with E-state index in [2.05, 4.69) is 46.7 Å². The molecule has 0 bridgehead atoms. The van der Waals surface area contributed by atoms with Crippen LogP contribution in [0.4, 0.5) is 5.69 Å². The van der Waals surface area contributed by atoms with Crippen LogP contribution in [0, 0.1) is 12.8 Å². The molecule has 1 atom stereocenters. The molecule has 6 heteroatoms. The number of hydrogen-bond donors (Lipinski definition) is 2. The van der Waals surface area contributed by atoms with Crippen molar-refractivity contribution in [1.29, 1.82) is 0 Å². The van der Waals surface area contributed by atoms with Crippen LogP contribution in [-0.4, -0.2) is 43.0 Å². The fraction of sp³-hybridized carbons (Fsp3) is 0.632. The summed E-state index contributed by atoms with van der Waals surface area (Å²) in [5, 5.41) is 6.99. The van der Waals surface area contributed by atoms with E-state index >= 15 is 0 Å². The van der Waals surface area contributed by atoms with Crippen molar-refractivity contribution >= 4 is 36.4 Å². The molecular formula is C19H31Cl2N3O. The van der Waals surface area contributed by atoms with Crippen molar-refractivity contribution in [2.45, 2.75) is 45.1 Å². The number of halogens is 2. The summed E-state index contributed by atoms with van der Waals surface area (Å²) in [6.45, 7) is 6.12. The molecule has 1 aromatic rings. The lowest BCUT2D eigenvalue weighted by Crippen LogP contribution is -2.42. The third kappa shape index (κ3) is 6.69. The van der Waals surface area contributed by atoms with Crippen molar-refractivity contribution in [2.24, 2.45) is 5.92 Å². The van der Waals surface area contributed by atoms with Gasteiger partial charge >= 0.3 is 0 Å². The molecule has 0 radical (unpaired) electrons. The van der Waals surface area contributed by atoms with Crippen molar-refractivity contribution in [3.63, 3.8) is 0 Å². The Balaban J connectivity index is 0.00000156. The molecule has 142 valence electrons. The van der Waals surface area contributed by atoms with E-state index < -0.39 is 0 Å². The van der Waals surface area contributed by atoms with E-state index in [0.717, 1.165) is 51.9 Å². The van der Waals surface area contributed by atoms with Gasteiger partial charge in [-0.05, 0) is 69.3 Å². The van der Waals surface area contributed by atoms with E-state index in [1.165, 1.54) is 17.7 Å². The van der Waals surface area contributed by atoms with Crippen LogP contribution in [0.5, 0.6) is 0 Å². The number of hydrogen-bond acceptors (Lipinski definition) is 3. The molecule has 2 heterocycles. The van der Waals surface area contributed by atoms with Crippen LogP contribution in [0.3, 0.4) is 0 Å². The minimum absolute atomic E-state index is 0. The Bertz CT molecular complexity index is 527. The first kappa shape index (κ1) is 22.1. The second-order valence-electron chi connectivity index (χ2n) is 7.07. The van der Waals surface area contributed by atoms with Crippen molar-refractivity contribution in [1.82, 2.24) is 10.2 Å². The first-order chi connectivity index (χ1) is 11.2. The minimum Gasteiger partial charge on any atom is -0.382 e. The zero-order chi connectivity index (χ0) is 16.1. The summed E-state index contributed by atoms with van der Waals surface area (Å²) in [4.78, 5) is 14.4. The highest BCUT2D eigenvalue weighted by Crippen LogP contribution is 2.20. The average Bonchev–Trinajstić information content (AvgIpc) is 3.07.